The number of ether oxygens (including phenoxy) is 2. The highest BCUT2D eigenvalue weighted by atomic mass is 16.5. The molecule has 1 aromatic carbocycles. The number of pyridine rings is 1. The Kier molecular flexibility index (Phi) is 7.44. The summed E-state index contributed by atoms with van der Waals surface area (Å²) in [6.45, 7) is 3.63. The molecule has 0 amide bonds. The van der Waals surface area contributed by atoms with Crippen LogP contribution in [0.5, 0.6) is 5.75 Å². The van der Waals surface area contributed by atoms with Crippen molar-refractivity contribution in [3.05, 3.63) is 48.2 Å². The van der Waals surface area contributed by atoms with Gasteiger partial charge in [-0.1, -0.05) is 12.1 Å². The predicted octanol–water partition coefficient (Wildman–Crippen LogP) is 3.07. The lowest BCUT2D eigenvalue weighted by molar-refractivity contribution is -0.145. The second-order valence-electron chi connectivity index (χ2n) is 6.89. The largest absolute Gasteiger partial charge is 0.493 e. The van der Waals surface area contributed by atoms with E-state index in [9.17, 15) is 9.59 Å². The molecule has 1 atom stereocenters. The van der Waals surface area contributed by atoms with Gasteiger partial charge < -0.3 is 20.1 Å². The number of hydrogen-bond donors (Lipinski definition) is 2. The summed E-state index contributed by atoms with van der Waals surface area (Å²) >= 11 is 0. The Bertz CT molecular complexity index is 826. The Hall–Kier alpha value is -3.09. The number of fused-ring (bicyclic) bond motifs is 1. The van der Waals surface area contributed by atoms with E-state index in [-0.39, 0.29) is 30.6 Å². The summed E-state index contributed by atoms with van der Waals surface area (Å²) < 4.78 is 10.8. The van der Waals surface area contributed by atoms with E-state index in [1.165, 1.54) is 0 Å². The molecule has 0 saturated carbocycles. The zero-order valence-electron chi connectivity index (χ0n) is 16.6. The molecule has 1 aromatic heterocycles. The average molecular weight is 397 g/mol. The molecule has 154 valence electrons. The number of Topliss-reactive ketones (excluding diaryl/α,β-unsaturated/α-hetero) is 1. The van der Waals surface area contributed by atoms with Crippen LogP contribution in [0.4, 0.5) is 11.5 Å². The average Bonchev–Trinajstić information content (AvgIpc) is 2.87. The smallest absolute Gasteiger partial charge is 0.306 e. The van der Waals surface area contributed by atoms with E-state index in [0.717, 1.165) is 35.8 Å². The van der Waals surface area contributed by atoms with Crippen LogP contribution < -0.4 is 15.4 Å². The van der Waals surface area contributed by atoms with Crippen LogP contribution in [0.15, 0.2) is 42.6 Å². The molecule has 0 fully saturated rings. The molecule has 0 aliphatic carbocycles. The molecular formula is C22H27N3O4. The maximum absolute atomic E-state index is 12.4. The summed E-state index contributed by atoms with van der Waals surface area (Å²) in [7, 11) is 0. The van der Waals surface area contributed by atoms with Crippen LogP contribution in [0.3, 0.4) is 0 Å². The summed E-state index contributed by atoms with van der Waals surface area (Å²) in [5.74, 6) is 0.951. The van der Waals surface area contributed by atoms with Crippen molar-refractivity contribution < 1.29 is 19.1 Å². The molecule has 2 N–H and O–H groups in total. The maximum atomic E-state index is 12.4. The molecule has 7 nitrogen and oxygen atoms in total. The van der Waals surface area contributed by atoms with Crippen LogP contribution in [0.2, 0.25) is 0 Å². The van der Waals surface area contributed by atoms with Crippen molar-refractivity contribution in [2.45, 2.75) is 26.2 Å². The summed E-state index contributed by atoms with van der Waals surface area (Å²) in [6, 6.07) is 11.5. The van der Waals surface area contributed by atoms with Crippen molar-refractivity contribution in [2.75, 3.05) is 36.9 Å². The third-order valence-corrected chi connectivity index (χ3v) is 4.74. The van der Waals surface area contributed by atoms with Gasteiger partial charge in [-0.05, 0) is 43.5 Å². The summed E-state index contributed by atoms with van der Waals surface area (Å²) in [6.07, 6.45) is 3.23. The zero-order chi connectivity index (χ0) is 20.5. The Labute approximate surface area is 170 Å². The summed E-state index contributed by atoms with van der Waals surface area (Å²) in [5, 5.41) is 6.42. The standard InChI is InChI=1S/C22H27N3O4/c1-2-28-22(27)13-17-12-16-7-8-18(14-19(16)25-15-20(17)26)29-11-5-10-24-21-6-3-4-9-23-21/h3-4,6-9,14,17,25H,2,5,10-13,15H2,1H3,(H,23,24). The van der Waals surface area contributed by atoms with Gasteiger partial charge >= 0.3 is 5.97 Å². The molecule has 0 spiro atoms. The highest BCUT2D eigenvalue weighted by Crippen LogP contribution is 2.29. The van der Waals surface area contributed by atoms with Gasteiger partial charge in [-0.15, -0.1) is 0 Å². The van der Waals surface area contributed by atoms with E-state index < -0.39 is 0 Å². The number of aromatic nitrogens is 1. The molecule has 0 saturated heterocycles. The molecule has 29 heavy (non-hydrogen) atoms. The minimum absolute atomic E-state index is 0.0253. The molecule has 2 heterocycles. The van der Waals surface area contributed by atoms with Gasteiger partial charge in [0.25, 0.3) is 0 Å². The van der Waals surface area contributed by atoms with Gasteiger partial charge in [-0.3, -0.25) is 9.59 Å². The quantitative estimate of drug-likeness (QED) is 0.496. The first-order chi connectivity index (χ1) is 14.2. The number of benzene rings is 1. The SMILES string of the molecule is CCOC(=O)CC1Cc2ccc(OCCCNc3ccccn3)cc2NCC1=O. The Morgan fingerprint density at radius 1 is 1.31 bits per heavy atom. The van der Waals surface area contributed by atoms with E-state index >= 15 is 0 Å². The van der Waals surface area contributed by atoms with Gasteiger partial charge in [0.2, 0.25) is 0 Å². The Balaban J connectivity index is 1.50. The van der Waals surface area contributed by atoms with Gasteiger partial charge in [0, 0.05) is 30.4 Å². The topological polar surface area (TPSA) is 89.6 Å². The molecule has 1 aliphatic heterocycles. The van der Waals surface area contributed by atoms with Crippen LogP contribution in [-0.4, -0.2) is 43.0 Å². The first-order valence-electron chi connectivity index (χ1n) is 9.98. The van der Waals surface area contributed by atoms with Gasteiger partial charge in [0.05, 0.1) is 26.2 Å². The highest BCUT2D eigenvalue weighted by molar-refractivity contribution is 5.90. The number of anilines is 2. The van der Waals surface area contributed by atoms with Crippen molar-refractivity contribution in [1.29, 1.82) is 0 Å². The maximum Gasteiger partial charge on any atom is 0.306 e. The van der Waals surface area contributed by atoms with Crippen molar-refractivity contribution in [2.24, 2.45) is 5.92 Å². The first kappa shape index (κ1) is 20.6. The number of ketones is 1. The second kappa shape index (κ2) is 10.5. The fraction of sp³-hybridized carbons (Fsp3) is 0.409. The monoisotopic (exact) mass is 397 g/mol. The third kappa shape index (κ3) is 6.20. The number of hydrogen-bond acceptors (Lipinski definition) is 7. The normalized spacial score (nSPS) is 15.6. The third-order valence-electron chi connectivity index (χ3n) is 4.74. The molecule has 1 aliphatic rings. The van der Waals surface area contributed by atoms with Crippen LogP contribution in [0, 0.1) is 5.92 Å². The molecule has 0 radical (unpaired) electrons. The summed E-state index contributed by atoms with van der Waals surface area (Å²) in [4.78, 5) is 28.3. The zero-order valence-corrected chi connectivity index (χ0v) is 16.6. The van der Waals surface area contributed by atoms with E-state index in [1.807, 2.05) is 36.4 Å². The number of nitrogens with zero attached hydrogens (tertiary/aromatic N) is 1. The molecule has 7 heteroatoms. The molecule has 0 bridgehead atoms. The number of rotatable bonds is 9. The number of carbonyl (C=O) groups excluding carboxylic acids is 2. The van der Waals surface area contributed by atoms with Gasteiger partial charge in [-0.2, -0.15) is 0 Å². The highest BCUT2D eigenvalue weighted by Gasteiger charge is 2.26. The van der Waals surface area contributed by atoms with E-state index in [4.69, 9.17) is 9.47 Å². The fourth-order valence-corrected chi connectivity index (χ4v) is 3.25. The molecular weight excluding hydrogens is 370 g/mol. The van der Waals surface area contributed by atoms with Gasteiger partial charge in [0.1, 0.15) is 11.6 Å². The minimum Gasteiger partial charge on any atom is -0.493 e. The minimum atomic E-state index is -0.354. The van der Waals surface area contributed by atoms with Crippen LogP contribution in [0.25, 0.3) is 0 Å². The van der Waals surface area contributed by atoms with Crippen molar-refractivity contribution in [1.82, 2.24) is 4.98 Å². The Morgan fingerprint density at radius 3 is 3.00 bits per heavy atom. The van der Waals surface area contributed by atoms with Crippen LogP contribution in [-0.2, 0) is 20.7 Å². The second-order valence-corrected chi connectivity index (χ2v) is 6.89. The van der Waals surface area contributed by atoms with E-state index in [2.05, 4.69) is 15.6 Å². The van der Waals surface area contributed by atoms with E-state index in [0.29, 0.717) is 19.6 Å². The van der Waals surface area contributed by atoms with Crippen LogP contribution in [0.1, 0.15) is 25.3 Å². The molecule has 2 aromatic rings. The fourth-order valence-electron chi connectivity index (χ4n) is 3.25. The predicted molar refractivity (Wildman–Crippen MR) is 111 cm³/mol. The van der Waals surface area contributed by atoms with E-state index in [1.54, 1.807) is 13.1 Å². The lowest BCUT2D eigenvalue weighted by Crippen LogP contribution is -2.24. The Morgan fingerprint density at radius 2 is 2.21 bits per heavy atom. The lowest BCUT2D eigenvalue weighted by Gasteiger charge is -2.13. The number of esters is 1. The van der Waals surface area contributed by atoms with Crippen molar-refractivity contribution in [3.8, 4) is 5.75 Å². The lowest BCUT2D eigenvalue weighted by atomic mass is 9.93. The summed E-state index contributed by atoms with van der Waals surface area (Å²) in [5.41, 5.74) is 1.89. The van der Waals surface area contributed by atoms with Gasteiger partial charge in [-0.25, -0.2) is 4.98 Å². The van der Waals surface area contributed by atoms with Crippen molar-refractivity contribution in [3.63, 3.8) is 0 Å². The molecule has 3 rings (SSSR count). The number of carbonyl (C=O) groups is 2. The van der Waals surface area contributed by atoms with Crippen LogP contribution >= 0.6 is 0 Å². The first-order valence-corrected chi connectivity index (χ1v) is 9.98. The number of nitrogens with one attached hydrogen (secondary N) is 2. The molecule has 1 unspecified atom stereocenters. The van der Waals surface area contributed by atoms with Gasteiger partial charge in [0.15, 0.2) is 5.78 Å². The van der Waals surface area contributed by atoms with Crippen molar-refractivity contribution >= 4 is 23.3 Å².